The summed E-state index contributed by atoms with van der Waals surface area (Å²) in [6, 6.07) is 3.79. The first-order chi connectivity index (χ1) is 8.65. The third kappa shape index (κ3) is 2.60. The molecule has 0 spiro atoms. The lowest BCUT2D eigenvalue weighted by Gasteiger charge is -2.23. The molecule has 0 atom stereocenters. The minimum atomic E-state index is -0.734. The Hall–Kier alpha value is -2.07. The molecule has 0 amide bonds. The zero-order chi connectivity index (χ0) is 13.1. The highest BCUT2D eigenvalue weighted by atomic mass is 19.1. The normalized spacial score (nSPS) is 13.8. The lowest BCUT2D eigenvalue weighted by molar-refractivity contribution is 0.570. The molecule has 1 aliphatic rings. The molecule has 0 radical (unpaired) electrons. The highest BCUT2D eigenvalue weighted by Crippen LogP contribution is 2.33. The first kappa shape index (κ1) is 12.4. The maximum Gasteiger partial charge on any atom is 0.150 e. The van der Waals surface area contributed by atoms with Crippen LogP contribution in [0.5, 0.6) is 0 Å². The van der Waals surface area contributed by atoms with Crippen molar-refractivity contribution in [2.24, 2.45) is 5.92 Å². The Labute approximate surface area is 105 Å². The average molecular weight is 246 g/mol. The van der Waals surface area contributed by atoms with E-state index in [-0.39, 0.29) is 17.8 Å². The summed E-state index contributed by atoms with van der Waals surface area (Å²) in [4.78, 5) is 1.53. The summed E-state index contributed by atoms with van der Waals surface area (Å²) in [7, 11) is 0. The molecule has 0 saturated heterocycles. The van der Waals surface area contributed by atoms with Gasteiger partial charge in [-0.15, -0.1) is 6.42 Å². The predicted octanol–water partition coefficient (Wildman–Crippen LogP) is 2.69. The summed E-state index contributed by atoms with van der Waals surface area (Å²) >= 11 is 0. The van der Waals surface area contributed by atoms with Crippen LogP contribution in [0.15, 0.2) is 12.1 Å². The molecule has 2 nitrogen and oxygen atoms in total. The van der Waals surface area contributed by atoms with Crippen molar-refractivity contribution in [3.05, 3.63) is 29.3 Å². The first-order valence-electron chi connectivity index (χ1n) is 5.73. The molecule has 1 aliphatic carbocycles. The van der Waals surface area contributed by atoms with E-state index in [1.807, 2.05) is 0 Å². The van der Waals surface area contributed by atoms with Gasteiger partial charge in [-0.05, 0) is 30.9 Å². The fourth-order valence-corrected chi connectivity index (χ4v) is 1.89. The SMILES string of the molecule is C#CCN(CC1CC1)c1c(F)cc(C#N)cc1F. The number of hydrogen-bond acceptors (Lipinski definition) is 2. The lowest BCUT2D eigenvalue weighted by Crippen LogP contribution is -2.28. The maximum atomic E-state index is 13.8. The highest BCUT2D eigenvalue weighted by molar-refractivity contribution is 5.53. The van der Waals surface area contributed by atoms with Crippen LogP contribution in [0.1, 0.15) is 18.4 Å². The zero-order valence-corrected chi connectivity index (χ0v) is 9.79. The second-order valence-corrected chi connectivity index (χ2v) is 4.43. The Morgan fingerprint density at radius 1 is 1.33 bits per heavy atom. The van der Waals surface area contributed by atoms with Crippen molar-refractivity contribution >= 4 is 5.69 Å². The molecule has 1 saturated carbocycles. The van der Waals surface area contributed by atoms with Gasteiger partial charge in [-0.25, -0.2) is 8.78 Å². The van der Waals surface area contributed by atoms with Crippen LogP contribution in [0.2, 0.25) is 0 Å². The number of rotatable bonds is 4. The first-order valence-corrected chi connectivity index (χ1v) is 5.73. The Morgan fingerprint density at radius 2 is 1.94 bits per heavy atom. The van der Waals surface area contributed by atoms with E-state index in [2.05, 4.69) is 5.92 Å². The van der Waals surface area contributed by atoms with Gasteiger partial charge in [-0.2, -0.15) is 5.26 Å². The molecule has 1 aromatic carbocycles. The third-order valence-corrected chi connectivity index (χ3v) is 2.92. The second kappa shape index (κ2) is 5.06. The summed E-state index contributed by atoms with van der Waals surface area (Å²) in [6.07, 6.45) is 7.37. The highest BCUT2D eigenvalue weighted by Gasteiger charge is 2.27. The largest absolute Gasteiger partial charge is 0.355 e. The van der Waals surface area contributed by atoms with Crippen LogP contribution in [0.25, 0.3) is 0 Å². The molecule has 0 bridgehead atoms. The van der Waals surface area contributed by atoms with Crippen molar-refractivity contribution < 1.29 is 8.78 Å². The average Bonchev–Trinajstić information content (AvgIpc) is 3.12. The topological polar surface area (TPSA) is 27.0 Å². The fourth-order valence-electron chi connectivity index (χ4n) is 1.89. The standard InChI is InChI=1S/C14H12F2N2/c1-2-5-18(9-10-3-4-10)14-12(15)6-11(8-17)7-13(14)16/h1,6-7,10H,3-5,9H2. The van der Waals surface area contributed by atoms with Crippen LogP contribution in [0, 0.1) is 41.2 Å². The van der Waals surface area contributed by atoms with Gasteiger partial charge in [0.2, 0.25) is 0 Å². The Balaban J connectivity index is 2.34. The van der Waals surface area contributed by atoms with Gasteiger partial charge in [-0.3, -0.25) is 0 Å². The summed E-state index contributed by atoms with van der Waals surface area (Å²) in [5.74, 6) is 1.41. The quantitative estimate of drug-likeness (QED) is 0.764. The lowest BCUT2D eigenvalue weighted by atomic mass is 10.1. The Morgan fingerprint density at radius 3 is 2.39 bits per heavy atom. The van der Waals surface area contributed by atoms with Crippen molar-refractivity contribution in [2.45, 2.75) is 12.8 Å². The van der Waals surface area contributed by atoms with Crippen LogP contribution in [0.4, 0.5) is 14.5 Å². The van der Waals surface area contributed by atoms with Crippen LogP contribution >= 0.6 is 0 Å². The van der Waals surface area contributed by atoms with E-state index < -0.39 is 11.6 Å². The van der Waals surface area contributed by atoms with Crippen molar-refractivity contribution in [3.8, 4) is 18.4 Å². The number of nitriles is 1. The van der Waals surface area contributed by atoms with E-state index in [1.54, 1.807) is 6.07 Å². The number of halogens is 2. The van der Waals surface area contributed by atoms with Crippen LogP contribution in [-0.4, -0.2) is 13.1 Å². The Bertz CT molecular complexity index is 513. The molecular weight excluding hydrogens is 234 g/mol. The molecule has 2 rings (SSSR count). The van der Waals surface area contributed by atoms with Gasteiger partial charge in [0, 0.05) is 6.54 Å². The van der Waals surface area contributed by atoms with Crippen molar-refractivity contribution in [1.29, 1.82) is 5.26 Å². The molecule has 92 valence electrons. The third-order valence-electron chi connectivity index (χ3n) is 2.92. The van der Waals surface area contributed by atoms with Crippen molar-refractivity contribution in [1.82, 2.24) is 0 Å². The van der Waals surface area contributed by atoms with Crippen molar-refractivity contribution in [2.75, 3.05) is 18.0 Å². The molecule has 0 heterocycles. The minimum Gasteiger partial charge on any atom is -0.355 e. The summed E-state index contributed by atoms with van der Waals surface area (Å²) in [5, 5.41) is 8.65. The summed E-state index contributed by atoms with van der Waals surface area (Å²) in [5.41, 5.74) is -0.153. The van der Waals surface area contributed by atoms with Gasteiger partial charge >= 0.3 is 0 Å². The van der Waals surface area contributed by atoms with Gasteiger partial charge in [-0.1, -0.05) is 5.92 Å². The van der Waals surface area contributed by atoms with E-state index in [4.69, 9.17) is 11.7 Å². The van der Waals surface area contributed by atoms with Crippen LogP contribution in [-0.2, 0) is 0 Å². The fraction of sp³-hybridized carbons (Fsp3) is 0.357. The second-order valence-electron chi connectivity index (χ2n) is 4.43. The van der Waals surface area contributed by atoms with Gasteiger partial charge in [0.05, 0.1) is 18.2 Å². The van der Waals surface area contributed by atoms with Gasteiger partial charge in [0.1, 0.15) is 5.69 Å². The van der Waals surface area contributed by atoms with Crippen LogP contribution < -0.4 is 4.90 Å². The summed E-state index contributed by atoms with van der Waals surface area (Å²) < 4.78 is 27.7. The van der Waals surface area contributed by atoms with Gasteiger partial charge in [0.25, 0.3) is 0 Å². The molecule has 0 aromatic heterocycles. The molecule has 0 unspecified atom stereocenters. The van der Waals surface area contributed by atoms with E-state index >= 15 is 0 Å². The number of hydrogen-bond donors (Lipinski definition) is 0. The monoisotopic (exact) mass is 246 g/mol. The molecule has 4 heteroatoms. The van der Waals surface area contributed by atoms with Crippen LogP contribution in [0.3, 0.4) is 0 Å². The zero-order valence-electron chi connectivity index (χ0n) is 9.79. The number of anilines is 1. The van der Waals surface area contributed by atoms with E-state index in [1.165, 1.54) is 4.90 Å². The van der Waals surface area contributed by atoms with E-state index in [0.717, 1.165) is 25.0 Å². The molecule has 18 heavy (non-hydrogen) atoms. The minimum absolute atomic E-state index is 0.0270. The molecule has 1 fully saturated rings. The number of terminal acetylenes is 1. The van der Waals surface area contributed by atoms with Gasteiger partial charge in [0.15, 0.2) is 11.6 Å². The van der Waals surface area contributed by atoms with E-state index in [9.17, 15) is 8.78 Å². The van der Waals surface area contributed by atoms with E-state index in [0.29, 0.717) is 12.5 Å². The predicted molar refractivity (Wildman–Crippen MR) is 64.8 cm³/mol. The van der Waals surface area contributed by atoms with Crippen molar-refractivity contribution in [3.63, 3.8) is 0 Å². The smallest absolute Gasteiger partial charge is 0.150 e. The van der Waals surface area contributed by atoms with Gasteiger partial charge < -0.3 is 4.90 Å². The number of nitrogens with zero attached hydrogens (tertiary/aromatic N) is 2. The number of benzene rings is 1. The summed E-state index contributed by atoms with van der Waals surface area (Å²) in [6.45, 7) is 0.722. The molecule has 1 aromatic rings. The molecular formula is C14H12F2N2. The molecule has 0 N–H and O–H groups in total. The maximum absolute atomic E-state index is 13.8. The Kier molecular flexibility index (Phi) is 3.48. The molecule has 0 aliphatic heterocycles.